The van der Waals surface area contributed by atoms with Crippen molar-refractivity contribution in [3.8, 4) is 22.7 Å². The molecule has 0 spiro atoms. The van der Waals surface area contributed by atoms with Crippen LogP contribution in [-0.4, -0.2) is 26.9 Å². The molecular formula is C23H23N5O. The molecule has 0 aliphatic rings. The second-order valence-corrected chi connectivity index (χ2v) is 6.71. The summed E-state index contributed by atoms with van der Waals surface area (Å²) in [4.78, 5) is 9.03. The Morgan fingerprint density at radius 2 is 1.76 bits per heavy atom. The molecule has 0 radical (unpaired) electrons. The molecule has 2 aromatic carbocycles. The van der Waals surface area contributed by atoms with Crippen LogP contribution in [0.25, 0.3) is 16.9 Å². The van der Waals surface area contributed by atoms with Crippen LogP contribution in [0.5, 0.6) is 5.75 Å². The van der Waals surface area contributed by atoms with Crippen molar-refractivity contribution in [1.82, 2.24) is 19.7 Å². The van der Waals surface area contributed by atoms with Gasteiger partial charge in [-0.05, 0) is 61.4 Å². The van der Waals surface area contributed by atoms with Crippen LogP contribution in [0.1, 0.15) is 18.2 Å². The Morgan fingerprint density at radius 1 is 1.00 bits per heavy atom. The lowest BCUT2D eigenvalue weighted by molar-refractivity contribution is 0.414. The van der Waals surface area contributed by atoms with Crippen LogP contribution in [-0.2, 0) is 6.42 Å². The van der Waals surface area contributed by atoms with Crippen molar-refractivity contribution in [2.45, 2.75) is 20.3 Å². The standard InChI is InChI=1S/C23H23N5O/c1-4-17-5-7-18(8-6-17)25-23-24-14-13-22(26-23)21-15-28(27-16(21)2)19-9-11-20(29-3)12-10-19/h5-15H,4H2,1-3H3,(H,24,25,26). The highest BCUT2D eigenvalue weighted by Gasteiger charge is 2.11. The predicted octanol–water partition coefficient (Wildman–Crippen LogP) is 4.95. The fourth-order valence-electron chi connectivity index (χ4n) is 3.10. The summed E-state index contributed by atoms with van der Waals surface area (Å²) in [7, 11) is 1.66. The van der Waals surface area contributed by atoms with E-state index in [9.17, 15) is 0 Å². The maximum Gasteiger partial charge on any atom is 0.227 e. The number of aromatic nitrogens is 4. The lowest BCUT2D eigenvalue weighted by atomic mass is 10.1. The molecule has 0 unspecified atom stereocenters. The summed E-state index contributed by atoms with van der Waals surface area (Å²) in [6.07, 6.45) is 4.76. The minimum atomic E-state index is 0.559. The molecule has 0 amide bonds. The van der Waals surface area contributed by atoms with Gasteiger partial charge in [-0.15, -0.1) is 0 Å². The first kappa shape index (κ1) is 18.7. The zero-order chi connectivity index (χ0) is 20.2. The zero-order valence-electron chi connectivity index (χ0n) is 16.8. The van der Waals surface area contributed by atoms with E-state index < -0.39 is 0 Å². The highest BCUT2D eigenvalue weighted by molar-refractivity contribution is 5.64. The Balaban J connectivity index is 1.59. The van der Waals surface area contributed by atoms with E-state index in [2.05, 4.69) is 39.4 Å². The van der Waals surface area contributed by atoms with Crippen LogP contribution in [0.4, 0.5) is 11.6 Å². The molecule has 0 fully saturated rings. The third-order valence-corrected chi connectivity index (χ3v) is 4.79. The molecule has 4 rings (SSSR count). The number of nitrogens with zero attached hydrogens (tertiary/aromatic N) is 4. The van der Waals surface area contributed by atoms with E-state index in [-0.39, 0.29) is 0 Å². The molecule has 0 atom stereocenters. The van der Waals surface area contributed by atoms with Gasteiger partial charge in [0, 0.05) is 23.6 Å². The quantitative estimate of drug-likeness (QED) is 0.509. The maximum atomic E-state index is 5.22. The van der Waals surface area contributed by atoms with Gasteiger partial charge in [-0.2, -0.15) is 5.10 Å². The van der Waals surface area contributed by atoms with Crippen LogP contribution in [0, 0.1) is 6.92 Å². The molecule has 0 saturated heterocycles. The molecule has 0 bridgehead atoms. The van der Waals surface area contributed by atoms with Gasteiger partial charge in [0.15, 0.2) is 0 Å². The summed E-state index contributed by atoms with van der Waals surface area (Å²) in [6, 6.07) is 18.0. The molecule has 4 aromatic rings. The first-order valence-corrected chi connectivity index (χ1v) is 9.56. The van der Waals surface area contributed by atoms with Crippen LogP contribution >= 0.6 is 0 Å². The lowest BCUT2D eigenvalue weighted by Gasteiger charge is -2.07. The topological polar surface area (TPSA) is 64.9 Å². The summed E-state index contributed by atoms with van der Waals surface area (Å²) >= 11 is 0. The number of nitrogens with one attached hydrogen (secondary N) is 1. The maximum absolute atomic E-state index is 5.22. The summed E-state index contributed by atoms with van der Waals surface area (Å²) < 4.78 is 7.07. The number of ether oxygens (including phenoxy) is 1. The molecule has 0 saturated carbocycles. The zero-order valence-corrected chi connectivity index (χ0v) is 16.8. The predicted molar refractivity (Wildman–Crippen MR) is 115 cm³/mol. The van der Waals surface area contributed by atoms with E-state index in [1.54, 1.807) is 13.3 Å². The SMILES string of the molecule is CCc1ccc(Nc2nccc(-c3cn(-c4ccc(OC)cc4)nc3C)n2)cc1. The second kappa shape index (κ2) is 8.14. The Kier molecular flexibility index (Phi) is 5.24. The van der Waals surface area contributed by atoms with Gasteiger partial charge in [0.05, 0.1) is 24.2 Å². The Bertz CT molecular complexity index is 1100. The number of hydrogen-bond acceptors (Lipinski definition) is 5. The molecule has 0 aliphatic carbocycles. The number of anilines is 2. The van der Waals surface area contributed by atoms with Crippen LogP contribution < -0.4 is 10.1 Å². The van der Waals surface area contributed by atoms with E-state index >= 15 is 0 Å². The molecule has 146 valence electrons. The van der Waals surface area contributed by atoms with Crippen molar-refractivity contribution in [3.63, 3.8) is 0 Å². The average Bonchev–Trinajstić information content (AvgIpc) is 3.16. The summed E-state index contributed by atoms with van der Waals surface area (Å²) in [5.41, 5.74) is 5.91. The van der Waals surface area contributed by atoms with Gasteiger partial charge in [-0.25, -0.2) is 14.6 Å². The molecule has 0 aliphatic heterocycles. The summed E-state index contributed by atoms with van der Waals surface area (Å²) in [5, 5.41) is 7.91. The highest BCUT2D eigenvalue weighted by atomic mass is 16.5. The van der Waals surface area contributed by atoms with E-state index in [0.29, 0.717) is 5.95 Å². The Morgan fingerprint density at radius 3 is 2.45 bits per heavy atom. The fraction of sp³-hybridized carbons (Fsp3) is 0.174. The van der Waals surface area contributed by atoms with Crippen molar-refractivity contribution in [2.75, 3.05) is 12.4 Å². The molecule has 6 heteroatoms. The largest absolute Gasteiger partial charge is 0.497 e. The number of rotatable bonds is 6. The molecule has 29 heavy (non-hydrogen) atoms. The smallest absolute Gasteiger partial charge is 0.227 e. The van der Waals surface area contributed by atoms with E-state index in [0.717, 1.165) is 40.5 Å². The minimum Gasteiger partial charge on any atom is -0.497 e. The van der Waals surface area contributed by atoms with Gasteiger partial charge in [0.25, 0.3) is 0 Å². The van der Waals surface area contributed by atoms with Crippen LogP contribution in [0.15, 0.2) is 67.0 Å². The minimum absolute atomic E-state index is 0.559. The third-order valence-electron chi connectivity index (χ3n) is 4.79. The monoisotopic (exact) mass is 385 g/mol. The number of hydrogen-bond donors (Lipinski definition) is 1. The average molecular weight is 385 g/mol. The molecule has 2 heterocycles. The van der Waals surface area contributed by atoms with Gasteiger partial charge < -0.3 is 10.1 Å². The summed E-state index contributed by atoms with van der Waals surface area (Å²) in [5.74, 6) is 1.37. The first-order chi connectivity index (χ1) is 14.2. The Hall–Kier alpha value is -3.67. The lowest BCUT2D eigenvalue weighted by Crippen LogP contribution is -1.98. The van der Waals surface area contributed by atoms with Crippen molar-refractivity contribution in [1.29, 1.82) is 0 Å². The van der Waals surface area contributed by atoms with Crippen molar-refractivity contribution in [3.05, 3.63) is 78.2 Å². The van der Waals surface area contributed by atoms with Gasteiger partial charge in [-0.1, -0.05) is 19.1 Å². The molecule has 2 aromatic heterocycles. The van der Waals surface area contributed by atoms with Crippen molar-refractivity contribution in [2.24, 2.45) is 0 Å². The van der Waals surface area contributed by atoms with E-state index in [1.165, 1.54) is 5.56 Å². The van der Waals surface area contributed by atoms with Gasteiger partial charge in [-0.3, -0.25) is 0 Å². The number of aryl methyl sites for hydroxylation is 2. The van der Waals surface area contributed by atoms with E-state index in [4.69, 9.17) is 4.74 Å². The number of benzene rings is 2. The van der Waals surface area contributed by atoms with Crippen LogP contribution in [0.2, 0.25) is 0 Å². The summed E-state index contributed by atoms with van der Waals surface area (Å²) in [6.45, 7) is 4.12. The number of methoxy groups -OCH3 is 1. The van der Waals surface area contributed by atoms with Crippen molar-refractivity contribution < 1.29 is 4.74 Å². The second-order valence-electron chi connectivity index (χ2n) is 6.71. The third kappa shape index (κ3) is 4.11. The first-order valence-electron chi connectivity index (χ1n) is 9.56. The molecule has 6 nitrogen and oxygen atoms in total. The molecule has 1 N–H and O–H groups in total. The highest BCUT2D eigenvalue weighted by Crippen LogP contribution is 2.24. The normalized spacial score (nSPS) is 10.7. The van der Waals surface area contributed by atoms with E-state index in [1.807, 2.05) is 60.3 Å². The molecular weight excluding hydrogens is 362 g/mol. The fourth-order valence-corrected chi connectivity index (χ4v) is 3.10. The Labute approximate surface area is 170 Å². The van der Waals surface area contributed by atoms with Gasteiger partial charge in [0.1, 0.15) is 5.75 Å². The van der Waals surface area contributed by atoms with Gasteiger partial charge in [0.2, 0.25) is 5.95 Å². The van der Waals surface area contributed by atoms with Crippen molar-refractivity contribution >= 4 is 11.6 Å². The van der Waals surface area contributed by atoms with Crippen LogP contribution in [0.3, 0.4) is 0 Å². The van der Waals surface area contributed by atoms with Gasteiger partial charge >= 0.3 is 0 Å².